The van der Waals surface area contributed by atoms with Gasteiger partial charge >= 0.3 is 5.97 Å². The number of aromatic nitrogens is 1. The van der Waals surface area contributed by atoms with Gasteiger partial charge < -0.3 is 4.74 Å². The predicted molar refractivity (Wildman–Crippen MR) is 47.6 cm³/mol. The molecule has 0 spiro atoms. The Kier molecular flexibility index (Phi) is 3.54. The molecule has 1 rings (SSSR count). The number of nitrogens with zero attached hydrogens (tertiary/aromatic N) is 2. The van der Waals surface area contributed by atoms with Crippen LogP contribution >= 0.6 is 0 Å². The standard InChI is InChI=1S/C8H10N4O2/c1-14-8(13)6-2-3-10-7(4-6)5-11-12-9/h2-4H,5H2,1H3,(H2,9,11). The summed E-state index contributed by atoms with van der Waals surface area (Å²) in [7, 11) is 1.32. The lowest BCUT2D eigenvalue weighted by atomic mass is 10.2. The fourth-order valence-electron chi connectivity index (χ4n) is 0.940. The number of carbonyl (C=O) groups excluding carboxylic acids is 1. The minimum Gasteiger partial charge on any atom is -0.465 e. The third kappa shape index (κ3) is 2.51. The van der Waals surface area contributed by atoms with E-state index in [-0.39, 0.29) is 0 Å². The summed E-state index contributed by atoms with van der Waals surface area (Å²) in [5, 5.41) is 2.97. The van der Waals surface area contributed by atoms with E-state index in [1.165, 1.54) is 13.3 Å². The minimum absolute atomic E-state index is 0.314. The number of pyridine rings is 1. The van der Waals surface area contributed by atoms with Crippen LogP contribution < -0.4 is 5.43 Å². The Labute approximate surface area is 80.8 Å². The molecule has 0 bridgehead atoms. The molecule has 74 valence electrons. The van der Waals surface area contributed by atoms with Gasteiger partial charge in [0.15, 0.2) is 0 Å². The summed E-state index contributed by atoms with van der Waals surface area (Å²) in [6.45, 7) is 0.314. The zero-order valence-electron chi connectivity index (χ0n) is 7.65. The highest BCUT2D eigenvalue weighted by atomic mass is 16.5. The number of hydrogen-bond donors (Lipinski definition) is 2. The molecule has 0 fully saturated rings. The molecule has 1 heterocycles. The molecule has 6 nitrogen and oxygen atoms in total. The van der Waals surface area contributed by atoms with Crippen molar-refractivity contribution in [3.05, 3.63) is 29.6 Å². The second-order valence-corrected chi connectivity index (χ2v) is 2.47. The van der Waals surface area contributed by atoms with Crippen molar-refractivity contribution >= 4 is 5.97 Å². The van der Waals surface area contributed by atoms with Crippen LogP contribution in [-0.4, -0.2) is 18.1 Å². The zero-order chi connectivity index (χ0) is 10.4. The van der Waals surface area contributed by atoms with Crippen LogP contribution in [0.1, 0.15) is 16.1 Å². The SMILES string of the molecule is COC(=O)c1ccnc(CNN=N)c1. The van der Waals surface area contributed by atoms with Crippen molar-refractivity contribution in [3.63, 3.8) is 0 Å². The first kappa shape index (κ1) is 10.1. The van der Waals surface area contributed by atoms with Crippen LogP contribution in [0.3, 0.4) is 0 Å². The number of methoxy groups -OCH3 is 1. The van der Waals surface area contributed by atoms with E-state index in [1.54, 1.807) is 12.1 Å². The molecule has 0 saturated carbocycles. The molecule has 14 heavy (non-hydrogen) atoms. The molecule has 0 radical (unpaired) electrons. The molecule has 1 aromatic rings. The van der Waals surface area contributed by atoms with Crippen molar-refractivity contribution in [1.29, 1.82) is 5.53 Å². The van der Waals surface area contributed by atoms with Crippen molar-refractivity contribution in [3.8, 4) is 0 Å². The molecule has 0 aromatic carbocycles. The Morgan fingerprint density at radius 1 is 1.79 bits per heavy atom. The van der Waals surface area contributed by atoms with Gasteiger partial charge in [-0.3, -0.25) is 10.4 Å². The second kappa shape index (κ2) is 4.90. The summed E-state index contributed by atoms with van der Waals surface area (Å²) in [5.41, 5.74) is 10.0. The Morgan fingerprint density at radius 3 is 3.21 bits per heavy atom. The number of esters is 1. The topological polar surface area (TPSA) is 87.4 Å². The maximum Gasteiger partial charge on any atom is 0.337 e. The van der Waals surface area contributed by atoms with E-state index in [0.29, 0.717) is 17.8 Å². The molecule has 0 atom stereocenters. The fourth-order valence-corrected chi connectivity index (χ4v) is 0.940. The van der Waals surface area contributed by atoms with Gasteiger partial charge in [0, 0.05) is 6.20 Å². The highest BCUT2D eigenvalue weighted by molar-refractivity contribution is 5.89. The van der Waals surface area contributed by atoms with E-state index >= 15 is 0 Å². The van der Waals surface area contributed by atoms with Crippen LogP contribution in [0.25, 0.3) is 0 Å². The Morgan fingerprint density at radius 2 is 2.57 bits per heavy atom. The molecule has 2 N–H and O–H groups in total. The van der Waals surface area contributed by atoms with Crippen LogP contribution in [-0.2, 0) is 11.3 Å². The molecule has 1 aromatic heterocycles. The lowest BCUT2D eigenvalue weighted by Crippen LogP contribution is -2.08. The highest BCUT2D eigenvalue weighted by Crippen LogP contribution is 2.03. The van der Waals surface area contributed by atoms with Gasteiger partial charge in [-0.15, -0.1) is 0 Å². The molecule has 0 aliphatic rings. The first-order chi connectivity index (χ1) is 6.77. The molecular weight excluding hydrogens is 184 g/mol. The molecule has 0 saturated heterocycles. The highest BCUT2D eigenvalue weighted by Gasteiger charge is 2.05. The van der Waals surface area contributed by atoms with Crippen molar-refractivity contribution in [1.82, 2.24) is 10.4 Å². The Hall–Kier alpha value is -1.98. The summed E-state index contributed by atoms with van der Waals surface area (Å²) in [5.74, 6) is -0.406. The van der Waals surface area contributed by atoms with Crippen LogP contribution in [0.2, 0.25) is 0 Å². The third-order valence-electron chi connectivity index (χ3n) is 1.58. The monoisotopic (exact) mass is 194 g/mol. The van der Waals surface area contributed by atoms with E-state index in [4.69, 9.17) is 5.53 Å². The maximum atomic E-state index is 11.1. The Bertz CT molecular complexity index is 340. The van der Waals surface area contributed by atoms with E-state index in [2.05, 4.69) is 20.4 Å². The predicted octanol–water partition coefficient (Wildman–Crippen LogP) is 0.904. The summed E-state index contributed by atoms with van der Waals surface area (Å²) in [6.07, 6.45) is 1.51. The molecule has 0 aliphatic carbocycles. The maximum absolute atomic E-state index is 11.1. The molecule has 0 aliphatic heterocycles. The van der Waals surface area contributed by atoms with Gasteiger partial charge in [0.2, 0.25) is 0 Å². The number of carbonyl (C=O) groups is 1. The lowest BCUT2D eigenvalue weighted by molar-refractivity contribution is 0.0600. The van der Waals surface area contributed by atoms with Gasteiger partial charge in [-0.05, 0) is 12.1 Å². The van der Waals surface area contributed by atoms with E-state index in [9.17, 15) is 4.79 Å². The van der Waals surface area contributed by atoms with Crippen LogP contribution in [0.4, 0.5) is 0 Å². The number of ether oxygens (including phenoxy) is 1. The van der Waals surface area contributed by atoms with Crippen molar-refractivity contribution in [2.45, 2.75) is 6.54 Å². The van der Waals surface area contributed by atoms with Crippen molar-refractivity contribution in [2.24, 2.45) is 5.22 Å². The average Bonchev–Trinajstić information content (AvgIpc) is 2.25. The summed E-state index contributed by atoms with van der Waals surface area (Å²) < 4.78 is 4.55. The van der Waals surface area contributed by atoms with Gasteiger partial charge in [-0.2, -0.15) is 5.53 Å². The third-order valence-corrected chi connectivity index (χ3v) is 1.58. The Balaban J connectivity index is 2.78. The summed E-state index contributed by atoms with van der Waals surface area (Å²) in [4.78, 5) is 15.1. The quantitative estimate of drug-likeness (QED) is 0.423. The second-order valence-electron chi connectivity index (χ2n) is 2.47. The van der Waals surface area contributed by atoms with Gasteiger partial charge in [0.1, 0.15) is 0 Å². The van der Waals surface area contributed by atoms with E-state index in [0.717, 1.165) is 0 Å². The summed E-state index contributed by atoms with van der Waals surface area (Å²) in [6, 6.07) is 3.15. The average molecular weight is 194 g/mol. The fraction of sp³-hybridized carbons (Fsp3) is 0.250. The van der Waals surface area contributed by atoms with Gasteiger partial charge in [-0.1, -0.05) is 5.22 Å². The normalized spacial score (nSPS) is 9.21. The zero-order valence-corrected chi connectivity index (χ0v) is 7.65. The van der Waals surface area contributed by atoms with Gasteiger partial charge in [-0.25, -0.2) is 4.79 Å². The smallest absolute Gasteiger partial charge is 0.337 e. The van der Waals surface area contributed by atoms with Gasteiger partial charge in [0.25, 0.3) is 0 Å². The number of hydrogen-bond acceptors (Lipinski definition) is 5. The molecule has 0 amide bonds. The molecule has 0 unspecified atom stereocenters. The largest absolute Gasteiger partial charge is 0.465 e. The van der Waals surface area contributed by atoms with Gasteiger partial charge in [0.05, 0.1) is 24.9 Å². The first-order valence-electron chi connectivity index (χ1n) is 3.90. The summed E-state index contributed by atoms with van der Waals surface area (Å²) >= 11 is 0. The lowest BCUT2D eigenvalue weighted by Gasteiger charge is -2.01. The molecular formula is C8H10N4O2. The van der Waals surface area contributed by atoms with Crippen molar-refractivity contribution < 1.29 is 9.53 Å². The van der Waals surface area contributed by atoms with E-state index in [1.807, 2.05) is 0 Å². The number of nitrogens with one attached hydrogen (secondary N) is 2. The van der Waals surface area contributed by atoms with Crippen LogP contribution in [0, 0.1) is 5.53 Å². The number of rotatable bonds is 4. The van der Waals surface area contributed by atoms with Crippen LogP contribution in [0.15, 0.2) is 23.6 Å². The minimum atomic E-state index is -0.406. The van der Waals surface area contributed by atoms with E-state index < -0.39 is 5.97 Å². The van der Waals surface area contributed by atoms with Crippen molar-refractivity contribution in [2.75, 3.05) is 7.11 Å². The first-order valence-corrected chi connectivity index (χ1v) is 3.90. The van der Waals surface area contributed by atoms with Crippen LogP contribution in [0.5, 0.6) is 0 Å². The molecule has 6 heteroatoms.